The lowest BCUT2D eigenvalue weighted by Gasteiger charge is -2.18. The molecule has 0 aromatic heterocycles. The van der Waals surface area contributed by atoms with Crippen molar-refractivity contribution in [2.45, 2.75) is 18.5 Å². The van der Waals surface area contributed by atoms with E-state index in [1.165, 1.54) is 0 Å². The number of ether oxygens (including phenoxy) is 2. The summed E-state index contributed by atoms with van der Waals surface area (Å²) < 4.78 is 184. The number of hydrogen-bond donors (Lipinski definition) is 2. The molecular weight excluding hydrogens is 559 g/mol. The molecule has 0 radical (unpaired) electrons. The first-order valence-electron chi connectivity index (χ1n) is 9.49. The van der Waals surface area contributed by atoms with Gasteiger partial charge in [0.2, 0.25) is 0 Å². The molecule has 0 amide bonds. The smallest absolute Gasteiger partial charge is 0.421 e. The summed E-state index contributed by atoms with van der Waals surface area (Å²) in [6, 6.07) is 0.512. The Balaban J connectivity index is 2.10. The Labute approximate surface area is 202 Å². The van der Waals surface area contributed by atoms with Crippen LogP contribution in [0.1, 0.15) is 16.7 Å². The third-order valence-corrected chi connectivity index (χ3v) is 4.71. The van der Waals surface area contributed by atoms with Gasteiger partial charge in [-0.15, -0.1) is 0 Å². The van der Waals surface area contributed by atoms with Crippen LogP contribution in [-0.2, 0) is 18.5 Å². The predicted octanol–water partition coefficient (Wildman–Crippen LogP) is 8.05. The van der Waals surface area contributed by atoms with Crippen molar-refractivity contribution in [1.29, 1.82) is 0 Å². The van der Waals surface area contributed by atoms with E-state index in [1.54, 1.807) is 0 Å². The van der Waals surface area contributed by atoms with E-state index in [2.05, 4.69) is 4.74 Å². The van der Waals surface area contributed by atoms with E-state index in [4.69, 9.17) is 16.2 Å². The van der Waals surface area contributed by atoms with Gasteiger partial charge in [-0.3, -0.25) is 0 Å². The zero-order chi connectivity index (χ0) is 29.0. The van der Waals surface area contributed by atoms with Gasteiger partial charge in [0.1, 0.15) is 34.3 Å². The van der Waals surface area contributed by atoms with Crippen molar-refractivity contribution < 1.29 is 66.5 Å². The van der Waals surface area contributed by atoms with Gasteiger partial charge in [0.25, 0.3) is 0 Å². The lowest BCUT2D eigenvalue weighted by atomic mass is 10.1. The first-order chi connectivity index (χ1) is 17.2. The first-order valence-corrected chi connectivity index (χ1v) is 9.49. The Bertz CT molecular complexity index is 1400. The van der Waals surface area contributed by atoms with E-state index in [0.29, 0.717) is 6.07 Å². The third-order valence-electron chi connectivity index (χ3n) is 4.71. The highest BCUT2D eigenvalue weighted by Gasteiger charge is 2.41. The quantitative estimate of drug-likeness (QED) is 0.247. The molecule has 38 heavy (non-hydrogen) atoms. The highest BCUT2D eigenvalue weighted by molar-refractivity contribution is 5.58. The van der Waals surface area contributed by atoms with Gasteiger partial charge >= 0.3 is 18.5 Å². The maximum Gasteiger partial charge on any atom is 0.421 e. The van der Waals surface area contributed by atoms with Gasteiger partial charge in [-0.1, -0.05) is 0 Å². The number of nitrogen functional groups attached to an aromatic ring is 2. The highest BCUT2D eigenvalue weighted by atomic mass is 19.4. The van der Waals surface area contributed by atoms with Crippen LogP contribution in [0.3, 0.4) is 0 Å². The molecule has 4 nitrogen and oxygen atoms in total. The number of alkyl halides is 9. The van der Waals surface area contributed by atoms with Gasteiger partial charge < -0.3 is 20.9 Å². The molecule has 0 aliphatic heterocycles. The van der Waals surface area contributed by atoms with Crippen LogP contribution in [0.5, 0.6) is 23.0 Å². The molecule has 3 aromatic rings. The second kappa shape index (κ2) is 9.36. The Kier molecular flexibility index (Phi) is 7.02. The summed E-state index contributed by atoms with van der Waals surface area (Å²) in [5.74, 6) is -13.6. The number of nitrogens with two attached hydrogens (primary N) is 2. The molecule has 3 rings (SSSR count). The Morgan fingerprint density at radius 1 is 0.526 bits per heavy atom. The maximum atomic E-state index is 14.4. The standard InChI is InChI=1S/C21H9F13N2O2/c22-8-4-11(15(24)17(35)13(8)20(29,30)31)37-6-1-2-7(19(26,27)28)10(3-6)38-12-5-9(23)14(21(32,33)34)18(36)16(12)25/h1-5H,35-36H2. The fourth-order valence-corrected chi connectivity index (χ4v) is 3.10. The molecule has 0 aliphatic carbocycles. The normalized spacial score (nSPS) is 12.6. The summed E-state index contributed by atoms with van der Waals surface area (Å²) in [5, 5.41) is 0. The summed E-state index contributed by atoms with van der Waals surface area (Å²) >= 11 is 0. The molecule has 0 saturated heterocycles. The van der Waals surface area contributed by atoms with Crippen molar-refractivity contribution in [1.82, 2.24) is 0 Å². The van der Waals surface area contributed by atoms with Crippen molar-refractivity contribution in [2.75, 3.05) is 11.5 Å². The largest absolute Gasteiger partial charge is 0.454 e. The summed E-state index contributed by atoms with van der Waals surface area (Å²) in [6.07, 6.45) is -16.2. The fraction of sp³-hybridized carbons (Fsp3) is 0.143. The van der Waals surface area contributed by atoms with E-state index < -0.39 is 92.9 Å². The Morgan fingerprint density at radius 2 is 0.947 bits per heavy atom. The summed E-state index contributed by atoms with van der Waals surface area (Å²) in [7, 11) is 0. The van der Waals surface area contributed by atoms with Crippen LogP contribution < -0.4 is 20.9 Å². The van der Waals surface area contributed by atoms with Crippen LogP contribution in [0.2, 0.25) is 0 Å². The molecule has 0 fully saturated rings. The highest BCUT2D eigenvalue weighted by Crippen LogP contribution is 2.45. The van der Waals surface area contributed by atoms with E-state index in [1.807, 2.05) is 0 Å². The molecule has 3 aromatic carbocycles. The van der Waals surface area contributed by atoms with Gasteiger partial charge in [-0.05, 0) is 12.1 Å². The van der Waals surface area contributed by atoms with Crippen LogP contribution in [-0.4, -0.2) is 0 Å². The molecule has 0 unspecified atom stereocenters. The molecule has 17 heteroatoms. The molecule has 0 spiro atoms. The second-order valence-corrected chi connectivity index (χ2v) is 7.27. The minimum absolute atomic E-state index is 0.113. The Hall–Kier alpha value is -4.05. The van der Waals surface area contributed by atoms with Crippen LogP contribution >= 0.6 is 0 Å². The van der Waals surface area contributed by atoms with Gasteiger partial charge in [-0.2, -0.15) is 39.5 Å². The van der Waals surface area contributed by atoms with Gasteiger partial charge in [0.05, 0.1) is 16.9 Å². The average Bonchev–Trinajstić information content (AvgIpc) is 2.72. The zero-order valence-corrected chi connectivity index (χ0v) is 17.8. The maximum absolute atomic E-state index is 14.4. The van der Waals surface area contributed by atoms with Crippen molar-refractivity contribution in [2.24, 2.45) is 0 Å². The topological polar surface area (TPSA) is 70.5 Å². The summed E-state index contributed by atoms with van der Waals surface area (Å²) in [5.41, 5.74) is 0.145. The number of halogens is 13. The molecular formula is C21H9F13N2O2. The van der Waals surface area contributed by atoms with Crippen molar-refractivity contribution in [3.8, 4) is 23.0 Å². The van der Waals surface area contributed by atoms with E-state index >= 15 is 0 Å². The number of benzene rings is 3. The molecule has 0 heterocycles. The van der Waals surface area contributed by atoms with Gasteiger partial charge in [-0.25, -0.2) is 17.6 Å². The van der Waals surface area contributed by atoms with Crippen molar-refractivity contribution >= 4 is 11.4 Å². The third kappa shape index (κ3) is 5.45. The number of rotatable bonds is 4. The molecule has 0 aliphatic rings. The van der Waals surface area contributed by atoms with Crippen molar-refractivity contribution in [3.05, 3.63) is 70.3 Å². The lowest BCUT2D eigenvalue weighted by molar-refractivity contribution is -0.140. The molecule has 206 valence electrons. The molecule has 4 N–H and O–H groups in total. The number of hydrogen-bond acceptors (Lipinski definition) is 4. The monoisotopic (exact) mass is 568 g/mol. The van der Waals surface area contributed by atoms with Crippen LogP contribution in [0, 0.1) is 23.3 Å². The van der Waals surface area contributed by atoms with E-state index in [9.17, 15) is 57.1 Å². The number of anilines is 2. The van der Waals surface area contributed by atoms with E-state index in [0.717, 1.165) is 0 Å². The fourth-order valence-electron chi connectivity index (χ4n) is 3.10. The Morgan fingerprint density at radius 3 is 1.34 bits per heavy atom. The van der Waals surface area contributed by atoms with Crippen LogP contribution in [0.4, 0.5) is 68.5 Å². The SMILES string of the molecule is Nc1c(F)c(Oc2ccc(C(F)(F)F)c(Oc3cc(F)c(C(F)(F)F)c(N)c3F)c2)cc(F)c1C(F)(F)F. The molecule has 0 bridgehead atoms. The second-order valence-electron chi connectivity index (χ2n) is 7.27. The average molecular weight is 568 g/mol. The first kappa shape index (κ1) is 28.5. The zero-order valence-electron chi connectivity index (χ0n) is 17.8. The minimum Gasteiger partial charge on any atom is -0.454 e. The molecule has 0 saturated carbocycles. The van der Waals surface area contributed by atoms with Gasteiger partial charge in [0.15, 0.2) is 23.1 Å². The van der Waals surface area contributed by atoms with Crippen molar-refractivity contribution in [3.63, 3.8) is 0 Å². The lowest BCUT2D eigenvalue weighted by Crippen LogP contribution is -2.14. The summed E-state index contributed by atoms with van der Waals surface area (Å²) in [6.45, 7) is 0. The molecule has 0 atom stereocenters. The van der Waals surface area contributed by atoms with Crippen LogP contribution in [0.15, 0.2) is 30.3 Å². The summed E-state index contributed by atoms with van der Waals surface area (Å²) in [4.78, 5) is 0. The van der Waals surface area contributed by atoms with E-state index in [-0.39, 0.29) is 24.3 Å². The van der Waals surface area contributed by atoms with Crippen LogP contribution in [0.25, 0.3) is 0 Å². The predicted molar refractivity (Wildman–Crippen MR) is 103 cm³/mol. The van der Waals surface area contributed by atoms with Gasteiger partial charge in [0, 0.05) is 18.2 Å². The minimum atomic E-state index is -5.48.